The summed E-state index contributed by atoms with van der Waals surface area (Å²) in [7, 11) is -5.59. The summed E-state index contributed by atoms with van der Waals surface area (Å²) in [5.74, 6) is 3.36. The molecule has 1 aromatic carbocycles. The normalized spacial score (nSPS) is 39.5. The maximum Gasteiger partial charge on any atom is 0.673 e. The van der Waals surface area contributed by atoms with Gasteiger partial charge in [-0.25, -0.2) is 0 Å². The number of benzene rings is 1. The lowest BCUT2D eigenvalue weighted by atomic mass is 9.64. The van der Waals surface area contributed by atoms with Gasteiger partial charge < -0.3 is 17.3 Å². The van der Waals surface area contributed by atoms with Crippen molar-refractivity contribution in [3.63, 3.8) is 0 Å². The van der Waals surface area contributed by atoms with E-state index in [4.69, 9.17) is 0 Å². The molecule has 7 heteroatoms. The molecule has 160 valence electrons. The zero-order valence-corrected chi connectivity index (χ0v) is 17.9. The molecule has 4 bridgehead atoms. The molecule has 1 saturated heterocycles. The van der Waals surface area contributed by atoms with Gasteiger partial charge in [-0.2, -0.15) is 0 Å². The standard InChI is InChI=1S/C22H29OS.BF4/c1-21(2)17-10-11-22(21,19(23)13-17)20-16-8-9-18(12-16)24(20)14-15-6-4-3-5-7-15;2-1(3,4)5/h3-7,16-18,20H,8-14H2,1-2H3;/q+1;-1/t16?,17-,18?,20?,22+,24?;/m1./s1. The molecule has 3 aliphatic carbocycles. The molecule has 4 aliphatic rings. The Morgan fingerprint density at radius 1 is 1.07 bits per heavy atom. The van der Waals surface area contributed by atoms with Crippen molar-refractivity contribution in [2.24, 2.45) is 22.7 Å². The highest BCUT2D eigenvalue weighted by atomic mass is 32.2. The number of hydrogen-bond acceptors (Lipinski definition) is 1. The molecule has 1 heterocycles. The van der Waals surface area contributed by atoms with Gasteiger partial charge in [0.1, 0.15) is 22.0 Å². The van der Waals surface area contributed by atoms with Gasteiger partial charge in [0.2, 0.25) is 0 Å². The zero-order chi connectivity index (χ0) is 21.0. The number of rotatable bonds is 3. The van der Waals surface area contributed by atoms with E-state index in [1.807, 2.05) is 0 Å². The molecule has 0 spiro atoms. The molecule has 0 amide bonds. The number of ketones is 1. The second-order valence-corrected chi connectivity index (χ2v) is 12.2. The van der Waals surface area contributed by atoms with Crippen molar-refractivity contribution < 1.29 is 22.1 Å². The minimum absolute atomic E-state index is 0.0232. The van der Waals surface area contributed by atoms with Crippen LogP contribution in [0, 0.1) is 22.7 Å². The summed E-state index contributed by atoms with van der Waals surface area (Å²) in [5, 5.41) is 1.59. The van der Waals surface area contributed by atoms with Crippen molar-refractivity contribution in [3.05, 3.63) is 35.9 Å². The number of carbonyl (C=O) groups is 1. The third-order valence-electron chi connectivity index (χ3n) is 8.26. The fraction of sp³-hybridized carbons (Fsp3) is 0.682. The molecular weight excluding hydrogens is 399 g/mol. The molecule has 4 fully saturated rings. The molecule has 0 N–H and O–H groups in total. The molecule has 29 heavy (non-hydrogen) atoms. The average Bonchev–Trinajstić information content (AvgIpc) is 3.32. The SMILES string of the molecule is CC1(C)[C@@H]2CC[C@@]1(C1C3CCC(C3)[S+]1Cc1ccccc1)C(=O)C2.F[B-](F)(F)F. The molecule has 4 unspecified atom stereocenters. The molecule has 0 radical (unpaired) electrons. The van der Waals surface area contributed by atoms with Crippen LogP contribution in [0.5, 0.6) is 0 Å². The van der Waals surface area contributed by atoms with E-state index in [2.05, 4.69) is 44.2 Å². The van der Waals surface area contributed by atoms with Crippen LogP contribution in [0.25, 0.3) is 0 Å². The van der Waals surface area contributed by atoms with Crippen molar-refractivity contribution >= 4 is 23.9 Å². The molecule has 3 saturated carbocycles. The second-order valence-electron chi connectivity index (χ2n) is 9.77. The van der Waals surface area contributed by atoms with E-state index in [1.165, 1.54) is 43.4 Å². The Kier molecular flexibility index (Phi) is 5.36. The maximum atomic E-state index is 13.2. The van der Waals surface area contributed by atoms with E-state index in [-0.39, 0.29) is 10.8 Å². The van der Waals surface area contributed by atoms with Crippen LogP contribution in [-0.4, -0.2) is 23.5 Å². The van der Waals surface area contributed by atoms with Gasteiger partial charge in [0.25, 0.3) is 0 Å². The fourth-order valence-corrected chi connectivity index (χ4v) is 11.1. The lowest BCUT2D eigenvalue weighted by Crippen LogP contribution is -2.53. The summed E-state index contributed by atoms with van der Waals surface area (Å²) >= 11 is 0. The highest BCUT2D eigenvalue weighted by Crippen LogP contribution is 2.70. The van der Waals surface area contributed by atoms with Gasteiger partial charge in [-0.05, 0) is 47.9 Å². The first-order chi connectivity index (χ1) is 13.5. The minimum Gasteiger partial charge on any atom is -0.418 e. The lowest BCUT2D eigenvalue weighted by molar-refractivity contribution is -0.130. The lowest BCUT2D eigenvalue weighted by Gasteiger charge is -2.43. The van der Waals surface area contributed by atoms with E-state index in [0.29, 0.717) is 27.8 Å². The Morgan fingerprint density at radius 2 is 1.72 bits per heavy atom. The Hall–Kier alpha value is -0.975. The molecule has 5 rings (SSSR count). The molecule has 1 aromatic rings. The van der Waals surface area contributed by atoms with Gasteiger partial charge in [-0.3, -0.25) is 4.79 Å². The Bertz CT molecular complexity index is 762. The topological polar surface area (TPSA) is 17.1 Å². The smallest absolute Gasteiger partial charge is 0.418 e. The summed E-state index contributed by atoms with van der Waals surface area (Å²) in [6.07, 6.45) is 7.60. The van der Waals surface area contributed by atoms with Crippen molar-refractivity contribution in [2.45, 2.75) is 68.6 Å². The van der Waals surface area contributed by atoms with E-state index < -0.39 is 7.25 Å². The van der Waals surface area contributed by atoms with Gasteiger partial charge in [0.05, 0.1) is 5.41 Å². The van der Waals surface area contributed by atoms with Gasteiger partial charge in [0, 0.05) is 24.3 Å². The first-order valence-electron chi connectivity index (χ1n) is 10.7. The molecule has 0 aromatic heterocycles. The molecule has 6 atom stereocenters. The van der Waals surface area contributed by atoms with E-state index in [0.717, 1.165) is 17.6 Å². The number of carbonyl (C=O) groups excluding carboxylic acids is 1. The minimum atomic E-state index is -6.00. The van der Waals surface area contributed by atoms with Crippen LogP contribution in [0.1, 0.15) is 57.9 Å². The van der Waals surface area contributed by atoms with E-state index in [1.54, 1.807) is 0 Å². The van der Waals surface area contributed by atoms with Gasteiger partial charge in [-0.1, -0.05) is 44.2 Å². The van der Waals surface area contributed by atoms with Crippen LogP contribution in [-0.2, 0) is 21.4 Å². The van der Waals surface area contributed by atoms with Crippen LogP contribution >= 0.6 is 0 Å². The molecule has 1 aliphatic heterocycles. The van der Waals surface area contributed by atoms with Gasteiger partial charge in [-0.15, -0.1) is 0 Å². The largest absolute Gasteiger partial charge is 0.673 e. The maximum absolute atomic E-state index is 13.2. The molecular formula is C22H29BF4OS. The highest BCUT2D eigenvalue weighted by molar-refractivity contribution is 7.97. The Labute approximate surface area is 173 Å². The molecule has 1 nitrogen and oxygen atoms in total. The quantitative estimate of drug-likeness (QED) is 0.325. The third-order valence-corrected chi connectivity index (χ3v) is 11.6. The van der Waals surface area contributed by atoms with E-state index in [9.17, 15) is 22.1 Å². The van der Waals surface area contributed by atoms with Gasteiger partial charge in [0.15, 0.2) is 0 Å². The van der Waals surface area contributed by atoms with Crippen molar-refractivity contribution in [1.29, 1.82) is 0 Å². The summed E-state index contributed by atoms with van der Waals surface area (Å²) in [6, 6.07) is 11.1. The number of halogens is 4. The second kappa shape index (κ2) is 7.31. The monoisotopic (exact) mass is 428 g/mol. The predicted octanol–water partition coefficient (Wildman–Crippen LogP) is 6.05. The average molecular weight is 428 g/mol. The first-order valence-corrected chi connectivity index (χ1v) is 12.2. The Balaban J connectivity index is 0.000000369. The van der Waals surface area contributed by atoms with Crippen LogP contribution < -0.4 is 0 Å². The number of hydrogen-bond donors (Lipinski definition) is 0. The number of Topliss-reactive ketones (excluding diaryl/α,β-unsaturated/α-hetero) is 1. The zero-order valence-electron chi connectivity index (χ0n) is 17.1. The van der Waals surface area contributed by atoms with Crippen LogP contribution in [0.4, 0.5) is 17.3 Å². The number of fused-ring (bicyclic) bond motifs is 4. The Morgan fingerprint density at radius 3 is 2.28 bits per heavy atom. The predicted molar refractivity (Wildman–Crippen MR) is 111 cm³/mol. The highest BCUT2D eigenvalue weighted by Gasteiger charge is 2.75. The third kappa shape index (κ3) is 3.55. The summed E-state index contributed by atoms with van der Waals surface area (Å²) in [6.45, 7) is 4.87. The van der Waals surface area contributed by atoms with Crippen molar-refractivity contribution in [3.8, 4) is 0 Å². The van der Waals surface area contributed by atoms with Gasteiger partial charge >= 0.3 is 7.25 Å². The van der Waals surface area contributed by atoms with Crippen molar-refractivity contribution in [1.82, 2.24) is 0 Å². The summed E-state index contributed by atoms with van der Waals surface area (Å²) in [4.78, 5) is 13.2. The van der Waals surface area contributed by atoms with Crippen molar-refractivity contribution in [2.75, 3.05) is 0 Å². The first kappa shape index (κ1) is 21.3. The summed E-state index contributed by atoms with van der Waals surface area (Å²) in [5.41, 5.74) is 1.75. The van der Waals surface area contributed by atoms with E-state index >= 15 is 0 Å². The van der Waals surface area contributed by atoms with Crippen LogP contribution in [0.3, 0.4) is 0 Å². The fourth-order valence-electron chi connectivity index (χ4n) is 6.99. The van der Waals surface area contributed by atoms with Crippen LogP contribution in [0.2, 0.25) is 0 Å². The summed E-state index contributed by atoms with van der Waals surface area (Å²) < 4.78 is 39.0. The van der Waals surface area contributed by atoms with Crippen LogP contribution in [0.15, 0.2) is 30.3 Å².